The van der Waals surface area contributed by atoms with Gasteiger partial charge in [-0.05, 0) is 43.0 Å². The van der Waals surface area contributed by atoms with Gasteiger partial charge in [0.25, 0.3) is 0 Å². The van der Waals surface area contributed by atoms with Crippen molar-refractivity contribution in [3.63, 3.8) is 0 Å². The maximum Gasteiger partial charge on any atom is 0.307 e. The fraction of sp³-hybridized carbons (Fsp3) is 0.391. The first kappa shape index (κ1) is 22.3. The van der Waals surface area contributed by atoms with Crippen molar-refractivity contribution in [1.29, 1.82) is 0 Å². The number of sulfonamides is 1. The molecule has 32 heavy (non-hydrogen) atoms. The number of ether oxygens (including phenoxy) is 1. The second-order valence-electron chi connectivity index (χ2n) is 8.28. The number of rotatable bonds is 7. The van der Waals surface area contributed by atoms with E-state index in [0.29, 0.717) is 25.6 Å². The van der Waals surface area contributed by atoms with Crippen LogP contribution in [0.15, 0.2) is 47.6 Å². The lowest BCUT2D eigenvalue weighted by molar-refractivity contribution is -0.136. The molecule has 1 aliphatic rings. The Morgan fingerprint density at radius 1 is 1.25 bits per heavy atom. The van der Waals surface area contributed by atoms with Gasteiger partial charge in [0.2, 0.25) is 15.9 Å². The van der Waals surface area contributed by atoms with Crippen molar-refractivity contribution in [2.75, 3.05) is 19.7 Å². The SMILES string of the molecule is CCOc1ccc(S(=O)(=O)N2C[C@@H](C)[C@@H](n3cc(CC(=O)O)c4ccc(C)cc43)C2)cn1. The lowest BCUT2D eigenvalue weighted by atomic mass is 10.1. The second-order valence-corrected chi connectivity index (χ2v) is 10.2. The van der Waals surface area contributed by atoms with E-state index in [4.69, 9.17) is 4.74 Å². The molecule has 9 heteroatoms. The maximum atomic E-state index is 13.3. The van der Waals surface area contributed by atoms with E-state index in [1.165, 1.54) is 16.6 Å². The standard InChI is InChI=1S/C23H27N3O5S/c1-4-31-22-8-6-18(11-24-22)32(29,30)25-12-16(3)21(14-25)26-13-17(10-23(27)28)19-7-5-15(2)9-20(19)26/h5-9,11,13,16,21H,4,10,12,14H2,1-3H3,(H,27,28)/t16-,21+/m1/s1. The number of pyridine rings is 1. The highest BCUT2D eigenvalue weighted by molar-refractivity contribution is 7.89. The molecule has 3 aromatic rings. The Balaban J connectivity index is 1.66. The van der Waals surface area contributed by atoms with Gasteiger partial charge in [0, 0.05) is 36.3 Å². The van der Waals surface area contributed by atoms with E-state index in [0.717, 1.165) is 22.0 Å². The predicted molar refractivity (Wildman–Crippen MR) is 120 cm³/mol. The smallest absolute Gasteiger partial charge is 0.307 e. The molecule has 1 aromatic carbocycles. The molecule has 2 atom stereocenters. The molecule has 1 aliphatic heterocycles. The molecule has 0 spiro atoms. The Morgan fingerprint density at radius 3 is 2.69 bits per heavy atom. The number of hydrogen-bond donors (Lipinski definition) is 1. The van der Waals surface area contributed by atoms with Gasteiger partial charge >= 0.3 is 5.97 Å². The van der Waals surface area contributed by atoms with Gasteiger partial charge in [0.05, 0.1) is 25.3 Å². The van der Waals surface area contributed by atoms with Crippen molar-refractivity contribution < 1.29 is 23.1 Å². The molecule has 0 radical (unpaired) electrons. The third-order valence-electron chi connectivity index (χ3n) is 5.95. The molecule has 1 fully saturated rings. The summed E-state index contributed by atoms with van der Waals surface area (Å²) in [6.45, 7) is 6.99. The number of fused-ring (bicyclic) bond motifs is 1. The summed E-state index contributed by atoms with van der Waals surface area (Å²) < 4.78 is 35.3. The minimum absolute atomic E-state index is 0.0502. The summed E-state index contributed by atoms with van der Waals surface area (Å²) in [6, 6.07) is 8.91. The largest absolute Gasteiger partial charge is 0.481 e. The average Bonchev–Trinajstić information content (AvgIpc) is 3.29. The predicted octanol–water partition coefficient (Wildman–Crippen LogP) is 3.25. The van der Waals surface area contributed by atoms with Crippen molar-refractivity contribution in [2.45, 2.75) is 38.1 Å². The minimum Gasteiger partial charge on any atom is -0.481 e. The Hall–Kier alpha value is -2.91. The van der Waals surface area contributed by atoms with Gasteiger partial charge in [-0.15, -0.1) is 0 Å². The number of nitrogens with zero attached hydrogens (tertiary/aromatic N) is 3. The van der Waals surface area contributed by atoms with E-state index in [9.17, 15) is 18.3 Å². The summed E-state index contributed by atoms with van der Waals surface area (Å²) in [6.07, 6.45) is 3.12. The van der Waals surface area contributed by atoms with Crippen molar-refractivity contribution in [3.05, 3.63) is 53.9 Å². The van der Waals surface area contributed by atoms with Crippen molar-refractivity contribution in [3.8, 4) is 5.88 Å². The van der Waals surface area contributed by atoms with Crippen LogP contribution in [0.4, 0.5) is 0 Å². The summed E-state index contributed by atoms with van der Waals surface area (Å²) in [5.74, 6) is -0.454. The van der Waals surface area contributed by atoms with Crippen LogP contribution in [0.3, 0.4) is 0 Å². The van der Waals surface area contributed by atoms with Crippen molar-refractivity contribution >= 4 is 26.9 Å². The molecule has 0 saturated carbocycles. The van der Waals surface area contributed by atoms with Crippen molar-refractivity contribution in [2.24, 2.45) is 5.92 Å². The average molecular weight is 458 g/mol. The highest BCUT2D eigenvalue weighted by Gasteiger charge is 2.39. The monoisotopic (exact) mass is 457 g/mol. The third kappa shape index (κ3) is 4.10. The van der Waals surface area contributed by atoms with E-state index in [2.05, 4.69) is 9.55 Å². The first-order valence-electron chi connectivity index (χ1n) is 10.6. The first-order chi connectivity index (χ1) is 15.2. The van der Waals surface area contributed by atoms with Gasteiger partial charge in [-0.1, -0.05) is 19.1 Å². The van der Waals surface area contributed by atoms with Crippen LogP contribution in [0.2, 0.25) is 0 Å². The molecule has 0 amide bonds. The Morgan fingerprint density at radius 2 is 2.03 bits per heavy atom. The number of carboxylic acid groups (broad SMARTS) is 1. The quantitative estimate of drug-likeness (QED) is 0.584. The fourth-order valence-corrected chi connectivity index (χ4v) is 5.88. The molecule has 1 saturated heterocycles. The summed E-state index contributed by atoms with van der Waals surface area (Å²) in [4.78, 5) is 15.6. The van der Waals surface area contributed by atoms with Gasteiger partial charge in [-0.25, -0.2) is 13.4 Å². The van der Waals surface area contributed by atoms with E-state index in [1.807, 2.05) is 45.2 Å². The van der Waals surface area contributed by atoms with Gasteiger partial charge in [-0.2, -0.15) is 4.31 Å². The van der Waals surface area contributed by atoms with Gasteiger partial charge in [0.1, 0.15) is 4.90 Å². The van der Waals surface area contributed by atoms with Crippen LogP contribution >= 0.6 is 0 Å². The number of carboxylic acids is 1. The summed E-state index contributed by atoms with van der Waals surface area (Å²) in [5.41, 5.74) is 2.73. The third-order valence-corrected chi connectivity index (χ3v) is 7.76. The normalized spacial score (nSPS) is 19.5. The second kappa shape index (κ2) is 8.55. The zero-order valence-corrected chi connectivity index (χ0v) is 19.2. The molecule has 0 aliphatic carbocycles. The van der Waals surface area contributed by atoms with Crippen LogP contribution in [-0.4, -0.2) is 53.0 Å². The zero-order chi connectivity index (χ0) is 23.0. The van der Waals surface area contributed by atoms with Crippen LogP contribution in [0, 0.1) is 12.8 Å². The summed E-state index contributed by atoms with van der Waals surface area (Å²) in [7, 11) is -3.71. The molecular formula is C23H27N3O5S. The zero-order valence-electron chi connectivity index (χ0n) is 18.4. The minimum atomic E-state index is -3.71. The van der Waals surface area contributed by atoms with Crippen LogP contribution in [0.5, 0.6) is 5.88 Å². The van der Waals surface area contributed by atoms with Crippen LogP contribution in [0.1, 0.15) is 31.0 Å². The Kier molecular flexibility index (Phi) is 5.96. The molecule has 8 nitrogen and oxygen atoms in total. The molecular weight excluding hydrogens is 430 g/mol. The molecule has 0 unspecified atom stereocenters. The van der Waals surface area contributed by atoms with Crippen LogP contribution < -0.4 is 4.74 Å². The van der Waals surface area contributed by atoms with E-state index in [-0.39, 0.29) is 23.3 Å². The fourth-order valence-electron chi connectivity index (χ4n) is 4.38. The Bertz CT molecular complexity index is 1250. The number of hydrogen-bond acceptors (Lipinski definition) is 5. The number of benzene rings is 1. The number of aromatic nitrogens is 2. The first-order valence-corrected chi connectivity index (χ1v) is 12.1. The van der Waals surface area contributed by atoms with E-state index in [1.54, 1.807) is 6.07 Å². The van der Waals surface area contributed by atoms with E-state index >= 15 is 0 Å². The van der Waals surface area contributed by atoms with Gasteiger partial charge in [0.15, 0.2) is 0 Å². The topological polar surface area (TPSA) is 102 Å². The highest BCUT2D eigenvalue weighted by Crippen LogP contribution is 2.36. The maximum absolute atomic E-state index is 13.3. The summed E-state index contributed by atoms with van der Waals surface area (Å²) >= 11 is 0. The van der Waals surface area contributed by atoms with Crippen molar-refractivity contribution in [1.82, 2.24) is 13.9 Å². The molecule has 3 heterocycles. The molecule has 2 aromatic heterocycles. The molecule has 4 rings (SSSR count). The Labute approximate surface area is 187 Å². The lowest BCUT2D eigenvalue weighted by Gasteiger charge is -2.19. The number of aryl methyl sites for hydroxylation is 1. The number of carbonyl (C=O) groups is 1. The van der Waals surface area contributed by atoms with Gasteiger partial charge in [-0.3, -0.25) is 4.79 Å². The number of aliphatic carboxylic acids is 1. The molecule has 170 valence electrons. The van der Waals surface area contributed by atoms with Crippen LogP contribution in [-0.2, 0) is 21.2 Å². The molecule has 0 bridgehead atoms. The van der Waals surface area contributed by atoms with Crippen LogP contribution in [0.25, 0.3) is 10.9 Å². The summed E-state index contributed by atoms with van der Waals surface area (Å²) in [5, 5.41) is 10.2. The highest BCUT2D eigenvalue weighted by atomic mass is 32.2. The van der Waals surface area contributed by atoms with Gasteiger partial charge < -0.3 is 14.4 Å². The molecule has 1 N–H and O–H groups in total. The lowest BCUT2D eigenvalue weighted by Crippen LogP contribution is -2.29. The van der Waals surface area contributed by atoms with E-state index < -0.39 is 16.0 Å².